The maximum absolute atomic E-state index is 12.8. The number of ether oxygens (including phenoxy) is 2. The SMILES string of the molecule is COc1ccc(CCN(C)C(=O)c2cccc(S(=O)(=O)NC(C)(C)C)c2)cc1OC. The molecule has 0 saturated heterocycles. The highest BCUT2D eigenvalue weighted by molar-refractivity contribution is 7.89. The molecule has 1 amide bonds. The van der Waals surface area contributed by atoms with Gasteiger partial charge in [-0.2, -0.15) is 0 Å². The number of hydrogen-bond donors (Lipinski definition) is 1. The standard InChI is InChI=1S/C22H30N2O5S/c1-22(2,3)23-30(26,27)18-9-7-8-17(15-18)21(25)24(4)13-12-16-10-11-19(28-5)20(14-16)29-6/h7-11,14-15,23H,12-13H2,1-6H3. The van der Waals surface area contributed by atoms with E-state index in [0.29, 0.717) is 30.0 Å². The molecule has 0 aliphatic carbocycles. The van der Waals surface area contributed by atoms with Crippen LogP contribution in [0.3, 0.4) is 0 Å². The van der Waals surface area contributed by atoms with Crippen LogP contribution in [0.4, 0.5) is 0 Å². The van der Waals surface area contributed by atoms with Crippen molar-refractivity contribution in [3.05, 3.63) is 53.6 Å². The lowest BCUT2D eigenvalue weighted by Gasteiger charge is -2.21. The van der Waals surface area contributed by atoms with Gasteiger partial charge in [-0.1, -0.05) is 12.1 Å². The van der Waals surface area contributed by atoms with Crippen LogP contribution in [0.1, 0.15) is 36.7 Å². The van der Waals surface area contributed by atoms with Gasteiger partial charge in [0.25, 0.3) is 5.91 Å². The summed E-state index contributed by atoms with van der Waals surface area (Å²) in [7, 11) is 1.13. The zero-order valence-corrected chi connectivity index (χ0v) is 19.2. The van der Waals surface area contributed by atoms with E-state index in [9.17, 15) is 13.2 Å². The number of amides is 1. The normalized spacial score (nSPS) is 11.8. The van der Waals surface area contributed by atoms with Crippen molar-refractivity contribution in [2.45, 2.75) is 37.6 Å². The Labute approximate surface area is 179 Å². The summed E-state index contributed by atoms with van der Waals surface area (Å²) in [5.74, 6) is 1.03. The smallest absolute Gasteiger partial charge is 0.253 e. The number of nitrogens with zero attached hydrogens (tertiary/aromatic N) is 1. The van der Waals surface area contributed by atoms with E-state index >= 15 is 0 Å². The third kappa shape index (κ3) is 6.21. The van der Waals surface area contributed by atoms with Gasteiger partial charge in [-0.05, 0) is 63.1 Å². The highest BCUT2D eigenvalue weighted by atomic mass is 32.2. The number of benzene rings is 2. The van der Waals surface area contributed by atoms with Crippen molar-refractivity contribution in [1.29, 1.82) is 0 Å². The first-order chi connectivity index (χ1) is 14.0. The second kappa shape index (κ2) is 9.49. The molecule has 0 heterocycles. The summed E-state index contributed by atoms with van der Waals surface area (Å²) in [6.45, 7) is 5.76. The van der Waals surface area contributed by atoms with Gasteiger partial charge in [0.15, 0.2) is 11.5 Å². The number of carbonyl (C=O) groups is 1. The van der Waals surface area contributed by atoms with Gasteiger partial charge < -0.3 is 14.4 Å². The number of rotatable bonds is 8. The first-order valence-electron chi connectivity index (χ1n) is 9.57. The molecule has 0 saturated carbocycles. The molecule has 0 spiro atoms. The average molecular weight is 435 g/mol. The average Bonchev–Trinajstić information content (AvgIpc) is 2.69. The molecule has 2 aromatic rings. The molecule has 0 unspecified atom stereocenters. The van der Waals surface area contributed by atoms with Gasteiger partial charge >= 0.3 is 0 Å². The second-order valence-electron chi connectivity index (χ2n) is 8.05. The Balaban J connectivity index is 2.11. The molecule has 0 fully saturated rings. The fourth-order valence-electron chi connectivity index (χ4n) is 2.91. The van der Waals surface area contributed by atoms with Crippen LogP contribution in [-0.4, -0.2) is 52.6 Å². The lowest BCUT2D eigenvalue weighted by atomic mass is 10.1. The fourth-order valence-corrected chi connectivity index (χ4v) is 4.38. The van der Waals surface area contributed by atoms with E-state index in [4.69, 9.17) is 9.47 Å². The number of hydrogen-bond acceptors (Lipinski definition) is 5. The van der Waals surface area contributed by atoms with Crippen molar-refractivity contribution in [2.24, 2.45) is 0 Å². The third-order valence-electron chi connectivity index (χ3n) is 4.36. The molecule has 164 valence electrons. The molecule has 7 nitrogen and oxygen atoms in total. The van der Waals surface area contributed by atoms with Crippen LogP contribution in [0.2, 0.25) is 0 Å². The molecule has 0 aromatic heterocycles. The number of methoxy groups -OCH3 is 2. The summed E-state index contributed by atoms with van der Waals surface area (Å²) < 4.78 is 38.3. The Morgan fingerprint density at radius 1 is 1.03 bits per heavy atom. The minimum atomic E-state index is -3.72. The van der Waals surface area contributed by atoms with Crippen LogP contribution >= 0.6 is 0 Å². The Bertz CT molecular complexity index is 997. The van der Waals surface area contributed by atoms with Gasteiger partial charge in [0, 0.05) is 24.7 Å². The van der Waals surface area contributed by atoms with Crippen molar-refractivity contribution in [1.82, 2.24) is 9.62 Å². The summed E-state index contributed by atoms with van der Waals surface area (Å²) >= 11 is 0. The van der Waals surface area contributed by atoms with Crippen molar-refractivity contribution in [3.8, 4) is 11.5 Å². The molecule has 30 heavy (non-hydrogen) atoms. The van der Waals surface area contributed by atoms with E-state index in [0.717, 1.165) is 5.56 Å². The molecule has 8 heteroatoms. The third-order valence-corrected chi connectivity index (χ3v) is 6.12. The van der Waals surface area contributed by atoms with Gasteiger partial charge in [0.05, 0.1) is 19.1 Å². The molecule has 2 rings (SSSR count). The Morgan fingerprint density at radius 2 is 1.70 bits per heavy atom. The number of nitrogens with one attached hydrogen (secondary N) is 1. The minimum Gasteiger partial charge on any atom is -0.493 e. The highest BCUT2D eigenvalue weighted by Crippen LogP contribution is 2.27. The van der Waals surface area contributed by atoms with Crippen molar-refractivity contribution in [2.75, 3.05) is 27.8 Å². The van der Waals surface area contributed by atoms with Crippen molar-refractivity contribution in [3.63, 3.8) is 0 Å². The summed E-state index contributed by atoms with van der Waals surface area (Å²) in [6.07, 6.45) is 0.617. The minimum absolute atomic E-state index is 0.0663. The highest BCUT2D eigenvalue weighted by Gasteiger charge is 2.23. The van der Waals surface area contributed by atoms with E-state index in [1.807, 2.05) is 18.2 Å². The molecule has 0 aliphatic heterocycles. The van der Waals surface area contributed by atoms with Crippen LogP contribution in [0.15, 0.2) is 47.4 Å². The van der Waals surface area contributed by atoms with Gasteiger partial charge in [-0.3, -0.25) is 4.79 Å². The summed E-state index contributed by atoms with van der Waals surface area (Å²) in [4.78, 5) is 14.5. The zero-order valence-electron chi connectivity index (χ0n) is 18.4. The van der Waals surface area contributed by atoms with Crippen LogP contribution in [0.25, 0.3) is 0 Å². The van der Waals surface area contributed by atoms with Crippen LogP contribution in [0.5, 0.6) is 11.5 Å². The summed E-state index contributed by atoms with van der Waals surface area (Å²) in [5, 5.41) is 0. The van der Waals surface area contributed by atoms with Crippen molar-refractivity contribution < 1.29 is 22.7 Å². The van der Waals surface area contributed by atoms with E-state index in [1.54, 1.807) is 59.1 Å². The predicted octanol–water partition coefficient (Wildman–Crippen LogP) is 3.10. The first kappa shape index (κ1) is 23.7. The molecule has 0 bridgehead atoms. The van der Waals surface area contributed by atoms with Gasteiger partial charge in [-0.15, -0.1) is 0 Å². The monoisotopic (exact) mass is 434 g/mol. The summed E-state index contributed by atoms with van der Waals surface area (Å²) in [6, 6.07) is 11.7. The van der Waals surface area contributed by atoms with Crippen LogP contribution in [0, 0.1) is 0 Å². The van der Waals surface area contributed by atoms with Gasteiger partial charge in [0.2, 0.25) is 10.0 Å². The Morgan fingerprint density at radius 3 is 2.30 bits per heavy atom. The zero-order chi connectivity index (χ0) is 22.5. The predicted molar refractivity (Wildman–Crippen MR) is 117 cm³/mol. The molecule has 1 N–H and O–H groups in total. The molecule has 0 aliphatic rings. The molecular weight excluding hydrogens is 404 g/mol. The lowest BCUT2D eigenvalue weighted by Crippen LogP contribution is -2.40. The Hall–Kier alpha value is -2.58. The number of carbonyl (C=O) groups excluding carboxylic acids is 1. The van der Waals surface area contributed by atoms with E-state index < -0.39 is 15.6 Å². The summed E-state index contributed by atoms with van der Waals surface area (Å²) in [5.41, 5.74) is 0.703. The maximum atomic E-state index is 12.8. The fraction of sp³-hybridized carbons (Fsp3) is 0.409. The van der Waals surface area contributed by atoms with E-state index in [2.05, 4.69) is 4.72 Å². The lowest BCUT2D eigenvalue weighted by molar-refractivity contribution is 0.0796. The van der Waals surface area contributed by atoms with Crippen molar-refractivity contribution >= 4 is 15.9 Å². The van der Waals surface area contributed by atoms with Crippen LogP contribution < -0.4 is 14.2 Å². The van der Waals surface area contributed by atoms with E-state index in [1.165, 1.54) is 12.1 Å². The first-order valence-corrected chi connectivity index (χ1v) is 11.1. The quantitative estimate of drug-likeness (QED) is 0.690. The van der Waals surface area contributed by atoms with Gasteiger partial charge in [-0.25, -0.2) is 13.1 Å². The largest absolute Gasteiger partial charge is 0.493 e. The van der Waals surface area contributed by atoms with E-state index in [-0.39, 0.29) is 10.8 Å². The number of likely N-dealkylation sites (N-methyl/N-ethyl adjacent to an activating group) is 1. The van der Waals surface area contributed by atoms with Crippen LogP contribution in [-0.2, 0) is 16.4 Å². The molecule has 0 radical (unpaired) electrons. The topological polar surface area (TPSA) is 84.9 Å². The second-order valence-corrected chi connectivity index (χ2v) is 9.73. The Kier molecular flexibility index (Phi) is 7.49. The molecular formula is C22H30N2O5S. The van der Waals surface area contributed by atoms with Gasteiger partial charge in [0.1, 0.15) is 0 Å². The maximum Gasteiger partial charge on any atom is 0.253 e. The molecule has 2 aromatic carbocycles. The number of sulfonamides is 1. The molecule has 0 atom stereocenters.